The summed E-state index contributed by atoms with van der Waals surface area (Å²) >= 11 is 0. The van der Waals surface area contributed by atoms with Gasteiger partial charge in [0.25, 0.3) is 0 Å². The molecule has 6 heteroatoms. The lowest BCUT2D eigenvalue weighted by Crippen LogP contribution is -2.56. The summed E-state index contributed by atoms with van der Waals surface area (Å²) in [7, 11) is -0.991. The SMILES string of the molecule is c1ccc(-c2ccc(CP(C34CC5CC(CC(C5)C3)C4)C34CC5CC(CC(C5)C3)C4)c(CP(c3cnccn3)c3cnccn3)c2)cc1. The van der Waals surface area contributed by atoms with E-state index in [1.807, 2.05) is 24.8 Å². The van der Waals surface area contributed by atoms with Gasteiger partial charge in [-0.25, -0.2) is 0 Å². The van der Waals surface area contributed by atoms with Gasteiger partial charge in [-0.3, -0.25) is 19.9 Å². The van der Waals surface area contributed by atoms with Gasteiger partial charge in [0.2, 0.25) is 0 Å². The normalized spacial score (nSPS) is 34.9. The highest BCUT2D eigenvalue weighted by atomic mass is 31.1. The minimum Gasteiger partial charge on any atom is -0.261 e. The molecule has 8 fully saturated rings. The molecular weight excluding hydrogens is 622 g/mol. The molecule has 246 valence electrons. The highest BCUT2D eigenvalue weighted by Gasteiger charge is 2.62. The third kappa shape index (κ3) is 5.40. The molecule has 0 radical (unpaired) electrons. The fourth-order valence-corrected chi connectivity index (χ4v) is 20.1. The Morgan fingerprint density at radius 2 is 1.02 bits per heavy atom. The van der Waals surface area contributed by atoms with Gasteiger partial charge in [-0.05, 0) is 151 Å². The zero-order valence-corrected chi connectivity index (χ0v) is 29.9. The Labute approximate surface area is 288 Å². The molecule has 0 saturated heterocycles. The van der Waals surface area contributed by atoms with Crippen LogP contribution in [-0.4, -0.2) is 30.2 Å². The second kappa shape index (κ2) is 12.1. The van der Waals surface area contributed by atoms with E-state index >= 15 is 0 Å². The van der Waals surface area contributed by atoms with Crippen LogP contribution in [0.4, 0.5) is 0 Å². The average molecular weight is 671 g/mol. The molecule has 2 aromatic heterocycles. The molecule has 8 aliphatic rings. The third-order valence-electron chi connectivity index (χ3n) is 13.8. The first-order valence-electron chi connectivity index (χ1n) is 18.8. The molecule has 2 aromatic carbocycles. The molecule has 0 atom stereocenters. The maximum Gasteiger partial charge on any atom is 0.0877 e. The quantitative estimate of drug-likeness (QED) is 0.167. The van der Waals surface area contributed by atoms with Crippen LogP contribution < -0.4 is 10.9 Å². The predicted molar refractivity (Wildman–Crippen MR) is 198 cm³/mol. The van der Waals surface area contributed by atoms with Gasteiger partial charge in [0.05, 0.1) is 23.3 Å². The Morgan fingerprint density at radius 1 is 0.521 bits per heavy atom. The van der Waals surface area contributed by atoms with Crippen molar-refractivity contribution in [2.45, 2.75) is 99.7 Å². The molecule has 48 heavy (non-hydrogen) atoms. The van der Waals surface area contributed by atoms with E-state index in [1.165, 1.54) is 22.9 Å². The Bertz CT molecular complexity index is 1610. The van der Waals surface area contributed by atoms with Gasteiger partial charge in [-0.1, -0.05) is 56.5 Å². The van der Waals surface area contributed by atoms with Crippen molar-refractivity contribution in [2.24, 2.45) is 35.5 Å². The van der Waals surface area contributed by atoms with Crippen molar-refractivity contribution < 1.29 is 0 Å². The predicted octanol–water partition coefficient (Wildman–Crippen LogP) is 9.49. The largest absolute Gasteiger partial charge is 0.261 e. The first kappa shape index (κ1) is 30.3. The molecule has 0 unspecified atom stereocenters. The summed E-state index contributed by atoms with van der Waals surface area (Å²) in [6.07, 6.45) is 32.0. The summed E-state index contributed by atoms with van der Waals surface area (Å²) in [6, 6.07) is 18.6. The molecule has 8 bridgehead atoms. The Hall–Kier alpha value is -2.54. The van der Waals surface area contributed by atoms with Crippen molar-refractivity contribution in [3.63, 3.8) is 0 Å². The highest BCUT2D eigenvalue weighted by Crippen LogP contribution is 2.79. The summed E-state index contributed by atoms with van der Waals surface area (Å²) in [5.41, 5.74) is 7.88. The molecule has 4 nitrogen and oxygen atoms in total. The van der Waals surface area contributed by atoms with Gasteiger partial charge in [0.1, 0.15) is 0 Å². The Balaban J connectivity index is 1.09. The number of hydrogen-bond acceptors (Lipinski definition) is 4. The van der Waals surface area contributed by atoms with E-state index < -0.39 is 7.92 Å². The fourth-order valence-electron chi connectivity index (χ4n) is 12.8. The van der Waals surface area contributed by atoms with Gasteiger partial charge in [-0.2, -0.15) is 0 Å². The zero-order valence-electron chi connectivity index (χ0n) is 28.1. The maximum atomic E-state index is 4.88. The number of aromatic nitrogens is 4. The van der Waals surface area contributed by atoms with E-state index in [1.54, 1.807) is 95.0 Å². The van der Waals surface area contributed by atoms with Crippen molar-refractivity contribution in [1.82, 2.24) is 19.9 Å². The van der Waals surface area contributed by atoms with Crippen molar-refractivity contribution in [3.8, 4) is 11.1 Å². The van der Waals surface area contributed by atoms with Crippen LogP contribution in [0.2, 0.25) is 0 Å². The van der Waals surface area contributed by atoms with Crippen molar-refractivity contribution in [2.75, 3.05) is 0 Å². The summed E-state index contributed by atoms with van der Waals surface area (Å²) in [5.74, 6) is 6.06. The topological polar surface area (TPSA) is 51.6 Å². The molecular formula is C42H48N4P2. The van der Waals surface area contributed by atoms with Crippen LogP contribution in [-0.2, 0) is 12.3 Å². The van der Waals surface area contributed by atoms with E-state index in [-0.39, 0.29) is 7.92 Å². The lowest BCUT2D eigenvalue weighted by Gasteiger charge is -2.67. The highest BCUT2D eigenvalue weighted by molar-refractivity contribution is 7.71. The summed E-state index contributed by atoms with van der Waals surface area (Å²) in [6.45, 7) is 0. The molecule has 8 saturated carbocycles. The molecule has 0 aliphatic heterocycles. The van der Waals surface area contributed by atoms with Crippen molar-refractivity contribution in [1.29, 1.82) is 0 Å². The van der Waals surface area contributed by atoms with Gasteiger partial charge in [0.15, 0.2) is 0 Å². The standard InChI is InChI=1S/C42H48N4P2/c1-2-4-35(5-3-1)36-6-7-37(38(18-36)27-47(39-25-43-8-10-45-39)40-26-44-9-11-46-40)28-48(41-19-29-12-30(20-41)14-31(13-29)21-41)42-22-32-15-33(23-42)17-34(16-32)24-42/h1-11,18,25-26,29-34H,12-17,19-24,27-28H2. The van der Waals surface area contributed by atoms with E-state index in [0.29, 0.717) is 10.3 Å². The van der Waals surface area contributed by atoms with Gasteiger partial charge >= 0.3 is 0 Å². The fraction of sp³-hybridized carbons (Fsp3) is 0.524. The number of hydrogen-bond donors (Lipinski definition) is 0. The zero-order chi connectivity index (χ0) is 31.7. The second-order valence-corrected chi connectivity index (χ2v) is 22.1. The van der Waals surface area contributed by atoms with Crippen LogP contribution >= 0.6 is 15.8 Å². The number of rotatable bonds is 9. The van der Waals surface area contributed by atoms with E-state index in [0.717, 1.165) is 52.5 Å². The summed E-state index contributed by atoms with van der Waals surface area (Å²) < 4.78 is 0. The van der Waals surface area contributed by atoms with Crippen molar-refractivity contribution in [3.05, 3.63) is 96.8 Å². The smallest absolute Gasteiger partial charge is 0.0877 e. The monoisotopic (exact) mass is 670 g/mol. The molecule has 0 N–H and O–H groups in total. The molecule has 0 amide bonds. The van der Waals surface area contributed by atoms with Crippen LogP contribution in [0.15, 0.2) is 85.7 Å². The third-order valence-corrected chi connectivity index (χ3v) is 20.0. The van der Waals surface area contributed by atoms with Gasteiger partial charge < -0.3 is 0 Å². The first-order valence-corrected chi connectivity index (χ1v) is 21.9. The maximum absolute atomic E-state index is 4.88. The number of benzene rings is 2. The van der Waals surface area contributed by atoms with Crippen molar-refractivity contribution >= 4 is 26.7 Å². The lowest BCUT2D eigenvalue weighted by atomic mass is 9.55. The molecule has 2 heterocycles. The van der Waals surface area contributed by atoms with E-state index in [9.17, 15) is 0 Å². The van der Waals surface area contributed by atoms with Crippen LogP contribution in [0.25, 0.3) is 11.1 Å². The molecule has 4 aromatic rings. The molecule has 0 spiro atoms. The summed E-state index contributed by atoms with van der Waals surface area (Å²) in [4.78, 5) is 18.8. The van der Waals surface area contributed by atoms with Crippen LogP contribution in [0.1, 0.15) is 88.2 Å². The van der Waals surface area contributed by atoms with Gasteiger partial charge in [0, 0.05) is 38.9 Å². The number of nitrogens with zero attached hydrogens (tertiary/aromatic N) is 4. The molecule has 12 rings (SSSR count). The minimum atomic E-state index is -0.844. The van der Waals surface area contributed by atoms with Crippen LogP contribution in [0.3, 0.4) is 0 Å². The first-order chi connectivity index (χ1) is 23.6. The van der Waals surface area contributed by atoms with E-state index in [4.69, 9.17) is 9.97 Å². The molecule has 8 aliphatic carbocycles. The van der Waals surface area contributed by atoms with Crippen LogP contribution in [0, 0.1) is 35.5 Å². The summed E-state index contributed by atoms with van der Waals surface area (Å²) in [5, 5.41) is 1.23. The minimum absolute atomic E-state index is 0.147. The lowest BCUT2D eigenvalue weighted by molar-refractivity contribution is 0.0184. The van der Waals surface area contributed by atoms with Gasteiger partial charge in [-0.15, -0.1) is 0 Å². The Kier molecular flexibility index (Phi) is 7.61. The van der Waals surface area contributed by atoms with Crippen LogP contribution in [0.5, 0.6) is 0 Å². The Morgan fingerprint density at radius 3 is 1.48 bits per heavy atom. The average Bonchev–Trinajstić information content (AvgIpc) is 3.10. The van der Waals surface area contributed by atoms with E-state index in [2.05, 4.69) is 58.5 Å². The second-order valence-electron chi connectivity index (χ2n) is 16.9.